The molecule has 1 atom stereocenters. The van der Waals surface area contributed by atoms with E-state index in [1.54, 1.807) is 18.2 Å². The number of carbonyl (C=O) groups excluding carboxylic acids is 1. The van der Waals surface area contributed by atoms with E-state index in [4.69, 9.17) is 23.2 Å². The van der Waals surface area contributed by atoms with Crippen LogP contribution in [0.2, 0.25) is 10.0 Å². The second-order valence-electron chi connectivity index (χ2n) is 6.94. The van der Waals surface area contributed by atoms with Crippen molar-refractivity contribution in [2.75, 3.05) is 13.1 Å². The van der Waals surface area contributed by atoms with Gasteiger partial charge in [-0.05, 0) is 68.3 Å². The summed E-state index contributed by atoms with van der Waals surface area (Å²) in [6.45, 7) is 1.98. The van der Waals surface area contributed by atoms with Gasteiger partial charge in [-0.1, -0.05) is 29.3 Å². The van der Waals surface area contributed by atoms with Gasteiger partial charge >= 0.3 is 0 Å². The Labute approximate surface area is 152 Å². The molecule has 0 unspecified atom stereocenters. The maximum Gasteiger partial charge on any atom is 0.224 e. The molecule has 3 N–H and O–H groups in total. The van der Waals surface area contributed by atoms with Gasteiger partial charge in [0.05, 0.1) is 12.5 Å². The first-order valence-electron chi connectivity index (χ1n) is 8.65. The molecule has 6 heteroatoms. The molecule has 1 saturated carbocycles. The fourth-order valence-electron chi connectivity index (χ4n) is 3.85. The molecule has 2 aliphatic rings. The van der Waals surface area contributed by atoms with Crippen LogP contribution in [0.3, 0.4) is 0 Å². The zero-order valence-corrected chi connectivity index (χ0v) is 15.1. The van der Waals surface area contributed by atoms with Crippen molar-refractivity contribution in [3.05, 3.63) is 33.8 Å². The molecular weight excluding hydrogens is 347 g/mol. The van der Waals surface area contributed by atoms with Crippen LogP contribution in [0.1, 0.15) is 31.2 Å². The highest BCUT2D eigenvalue weighted by Gasteiger charge is 2.39. The first-order chi connectivity index (χ1) is 11.5. The largest absolute Gasteiger partial charge is 0.393 e. The maximum absolute atomic E-state index is 12.6. The Morgan fingerprint density at radius 3 is 2.42 bits per heavy atom. The van der Waals surface area contributed by atoms with Crippen molar-refractivity contribution in [3.8, 4) is 0 Å². The maximum atomic E-state index is 12.6. The Morgan fingerprint density at radius 2 is 1.83 bits per heavy atom. The van der Waals surface area contributed by atoms with Gasteiger partial charge in [0.15, 0.2) is 0 Å². The molecule has 1 aromatic rings. The van der Waals surface area contributed by atoms with Crippen LogP contribution in [0.4, 0.5) is 0 Å². The number of hydrogen-bond donors (Lipinski definition) is 3. The van der Waals surface area contributed by atoms with Crippen LogP contribution in [0.15, 0.2) is 18.2 Å². The molecule has 1 aliphatic carbocycles. The van der Waals surface area contributed by atoms with E-state index >= 15 is 0 Å². The number of amides is 1. The summed E-state index contributed by atoms with van der Waals surface area (Å²) < 4.78 is 0. The molecule has 1 aromatic carbocycles. The molecule has 0 spiro atoms. The topological polar surface area (TPSA) is 61.4 Å². The molecule has 1 heterocycles. The molecule has 2 fully saturated rings. The van der Waals surface area contributed by atoms with Crippen molar-refractivity contribution >= 4 is 29.1 Å². The molecule has 24 heavy (non-hydrogen) atoms. The lowest BCUT2D eigenvalue weighted by atomic mass is 9.71. The summed E-state index contributed by atoms with van der Waals surface area (Å²) in [5, 5.41) is 17.3. The summed E-state index contributed by atoms with van der Waals surface area (Å²) in [5.41, 5.74) is 0.677. The number of rotatable bonds is 5. The molecule has 1 amide bonds. The fraction of sp³-hybridized carbons (Fsp3) is 0.611. The van der Waals surface area contributed by atoms with Crippen LogP contribution in [-0.2, 0) is 11.2 Å². The second kappa shape index (κ2) is 8.05. The summed E-state index contributed by atoms with van der Waals surface area (Å²) in [7, 11) is 0. The number of piperidine rings is 1. The number of nitrogens with one attached hydrogen (secondary N) is 2. The van der Waals surface area contributed by atoms with Crippen molar-refractivity contribution in [1.29, 1.82) is 0 Å². The average molecular weight is 371 g/mol. The summed E-state index contributed by atoms with van der Waals surface area (Å²) in [4.78, 5) is 12.6. The Balaban J connectivity index is 1.66. The quantitative estimate of drug-likeness (QED) is 0.746. The van der Waals surface area contributed by atoms with Crippen LogP contribution in [0.5, 0.6) is 0 Å². The van der Waals surface area contributed by atoms with Crippen molar-refractivity contribution in [1.82, 2.24) is 10.6 Å². The number of benzene rings is 1. The predicted molar refractivity (Wildman–Crippen MR) is 96.4 cm³/mol. The highest BCUT2D eigenvalue weighted by molar-refractivity contribution is 6.36. The Hall–Kier alpha value is -0.810. The van der Waals surface area contributed by atoms with Gasteiger partial charge in [0.2, 0.25) is 5.91 Å². The molecule has 0 radical (unpaired) electrons. The zero-order chi connectivity index (χ0) is 17.1. The van der Waals surface area contributed by atoms with Crippen molar-refractivity contribution in [2.45, 2.75) is 44.2 Å². The molecule has 1 saturated heterocycles. The number of aliphatic hydroxyl groups excluding tert-OH is 1. The van der Waals surface area contributed by atoms with E-state index in [0.717, 1.165) is 38.8 Å². The zero-order valence-electron chi connectivity index (χ0n) is 13.6. The van der Waals surface area contributed by atoms with Gasteiger partial charge in [-0.15, -0.1) is 0 Å². The van der Waals surface area contributed by atoms with Crippen LogP contribution in [0.25, 0.3) is 0 Å². The third-order valence-electron chi connectivity index (χ3n) is 5.28. The van der Waals surface area contributed by atoms with E-state index in [0.29, 0.717) is 27.4 Å². The van der Waals surface area contributed by atoms with Gasteiger partial charge in [0.25, 0.3) is 0 Å². The fourth-order valence-corrected chi connectivity index (χ4v) is 4.38. The number of hydrogen-bond acceptors (Lipinski definition) is 3. The summed E-state index contributed by atoms with van der Waals surface area (Å²) in [5.74, 6) is 0.790. The van der Waals surface area contributed by atoms with Gasteiger partial charge in [0, 0.05) is 16.1 Å². The molecular formula is C18H24Cl2N2O2. The van der Waals surface area contributed by atoms with Crippen molar-refractivity contribution < 1.29 is 9.90 Å². The van der Waals surface area contributed by atoms with Crippen molar-refractivity contribution in [3.63, 3.8) is 0 Å². The first kappa shape index (κ1) is 18.0. The molecule has 3 rings (SSSR count). The number of carbonyl (C=O) groups is 1. The van der Waals surface area contributed by atoms with Crippen LogP contribution < -0.4 is 10.6 Å². The third kappa shape index (κ3) is 4.23. The van der Waals surface area contributed by atoms with Crippen LogP contribution in [-0.4, -0.2) is 36.2 Å². The summed E-state index contributed by atoms with van der Waals surface area (Å²) >= 11 is 12.3. The summed E-state index contributed by atoms with van der Waals surface area (Å²) in [6, 6.07) is 5.41. The monoisotopic (exact) mass is 370 g/mol. The lowest BCUT2D eigenvalue weighted by Crippen LogP contribution is -2.53. The van der Waals surface area contributed by atoms with E-state index in [2.05, 4.69) is 10.6 Å². The highest BCUT2D eigenvalue weighted by Crippen LogP contribution is 2.36. The predicted octanol–water partition coefficient (Wildman–Crippen LogP) is 2.79. The van der Waals surface area contributed by atoms with Gasteiger partial charge < -0.3 is 15.7 Å². The van der Waals surface area contributed by atoms with E-state index in [1.165, 1.54) is 0 Å². The minimum Gasteiger partial charge on any atom is -0.393 e. The normalized spacial score (nSPS) is 25.8. The lowest BCUT2D eigenvalue weighted by Gasteiger charge is -2.43. The SMILES string of the molecule is O=C(Cc1c(Cl)cccc1Cl)N[C@@H](C1CCNCC1)C1CC(O)C1. The first-order valence-corrected chi connectivity index (χ1v) is 9.41. The van der Waals surface area contributed by atoms with E-state index in [-0.39, 0.29) is 24.5 Å². The molecule has 0 aromatic heterocycles. The Bertz CT molecular complexity index is 564. The van der Waals surface area contributed by atoms with Gasteiger partial charge in [-0.3, -0.25) is 4.79 Å². The van der Waals surface area contributed by atoms with Gasteiger partial charge in [0.1, 0.15) is 0 Å². The van der Waals surface area contributed by atoms with Gasteiger partial charge in [-0.25, -0.2) is 0 Å². The molecule has 4 nitrogen and oxygen atoms in total. The highest BCUT2D eigenvalue weighted by atomic mass is 35.5. The minimum absolute atomic E-state index is 0.0464. The molecule has 1 aliphatic heterocycles. The standard InChI is InChI=1S/C18H24Cl2N2O2/c19-15-2-1-3-16(20)14(15)10-17(24)22-18(12-8-13(23)9-12)11-4-6-21-7-5-11/h1-3,11-13,18,21,23H,4-10H2,(H,22,24)/t12?,13?,18-/m0/s1. The third-order valence-corrected chi connectivity index (χ3v) is 5.98. The minimum atomic E-state index is -0.214. The number of halogens is 2. The lowest BCUT2D eigenvalue weighted by molar-refractivity contribution is -0.123. The van der Waals surface area contributed by atoms with Crippen molar-refractivity contribution in [2.24, 2.45) is 11.8 Å². The van der Waals surface area contributed by atoms with Crippen LogP contribution in [0, 0.1) is 11.8 Å². The summed E-state index contributed by atoms with van der Waals surface area (Å²) in [6.07, 6.45) is 3.65. The second-order valence-corrected chi connectivity index (χ2v) is 7.76. The average Bonchev–Trinajstić information content (AvgIpc) is 2.54. The smallest absolute Gasteiger partial charge is 0.224 e. The Kier molecular flexibility index (Phi) is 6.03. The van der Waals surface area contributed by atoms with E-state index < -0.39 is 0 Å². The van der Waals surface area contributed by atoms with E-state index in [1.807, 2.05) is 0 Å². The molecule has 132 valence electrons. The molecule has 0 bridgehead atoms. The van der Waals surface area contributed by atoms with Gasteiger partial charge in [-0.2, -0.15) is 0 Å². The number of aliphatic hydroxyl groups is 1. The van der Waals surface area contributed by atoms with Crippen LogP contribution >= 0.6 is 23.2 Å². The van der Waals surface area contributed by atoms with E-state index in [9.17, 15) is 9.90 Å². The Morgan fingerprint density at radius 1 is 1.21 bits per heavy atom.